The predicted molar refractivity (Wildman–Crippen MR) is 129 cm³/mol. The van der Waals surface area contributed by atoms with Gasteiger partial charge in [0.25, 0.3) is 0 Å². The largest absolute Gasteiger partial charge is 0.481 e. The highest BCUT2D eigenvalue weighted by molar-refractivity contribution is 5.78. The molecule has 1 aliphatic rings. The molecule has 3 N–H and O–H groups in total. The Balaban J connectivity index is 1.31. The molecule has 1 aliphatic heterocycles. The highest BCUT2D eigenvalue weighted by Crippen LogP contribution is 2.23. The number of imidazole rings is 1. The number of hydrogen-bond acceptors (Lipinski definition) is 5. The minimum atomic E-state index is -0.915. The first kappa shape index (κ1) is 23.5. The number of likely N-dealkylation sites (tertiary alicyclic amines) is 1. The Morgan fingerprint density at radius 3 is 2.68 bits per heavy atom. The number of benzene rings is 1. The molecule has 8 nitrogen and oxygen atoms in total. The maximum Gasteiger partial charge on any atom is 0.312 e. The lowest BCUT2D eigenvalue weighted by atomic mass is 9.94. The first-order valence-corrected chi connectivity index (χ1v) is 11.7. The van der Waals surface area contributed by atoms with E-state index in [1.54, 1.807) is 24.7 Å². The van der Waals surface area contributed by atoms with Gasteiger partial charge in [0, 0.05) is 32.0 Å². The number of carbonyl (C=O) groups excluding carboxylic acids is 1. The summed E-state index contributed by atoms with van der Waals surface area (Å²) in [6, 6.07) is 13.3. The van der Waals surface area contributed by atoms with E-state index in [9.17, 15) is 14.7 Å². The number of aliphatic carboxylic acids is 1. The van der Waals surface area contributed by atoms with Crippen molar-refractivity contribution in [2.45, 2.75) is 44.6 Å². The van der Waals surface area contributed by atoms with Crippen molar-refractivity contribution in [2.24, 2.45) is 5.92 Å². The van der Waals surface area contributed by atoms with Gasteiger partial charge in [0.2, 0.25) is 5.91 Å². The van der Waals surface area contributed by atoms with E-state index in [1.165, 1.54) is 0 Å². The van der Waals surface area contributed by atoms with Gasteiger partial charge in [0.15, 0.2) is 0 Å². The molecule has 1 fully saturated rings. The van der Waals surface area contributed by atoms with Gasteiger partial charge in [0.05, 0.1) is 18.4 Å². The van der Waals surface area contributed by atoms with Gasteiger partial charge < -0.3 is 20.3 Å². The van der Waals surface area contributed by atoms with Gasteiger partial charge in [-0.1, -0.05) is 36.4 Å². The highest BCUT2D eigenvalue weighted by atomic mass is 16.4. The number of amides is 1. The lowest BCUT2D eigenvalue weighted by molar-refractivity contribution is -0.139. The van der Waals surface area contributed by atoms with Crippen molar-refractivity contribution in [3.05, 3.63) is 78.0 Å². The van der Waals surface area contributed by atoms with Crippen molar-refractivity contribution >= 4 is 17.7 Å². The highest BCUT2D eigenvalue weighted by Gasteiger charge is 2.25. The first-order chi connectivity index (χ1) is 16.5. The fraction of sp³-hybridized carbons (Fsp3) is 0.385. The van der Waals surface area contributed by atoms with Crippen LogP contribution in [0.25, 0.3) is 0 Å². The van der Waals surface area contributed by atoms with Gasteiger partial charge in [-0.2, -0.15) is 0 Å². The number of hydrogen-bond donors (Lipinski definition) is 2. The summed E-state index contributed by atoms with van der Waals surface area (Å²) in [5, 5.41) is 9.74. The summed E-state index contributed by atoms with van der Waals surface area (Å²) in [6.45, 7) is 2.33. The average molecular weight is 462 g/mol. The van der Waals surface area contributed by atoms with Crippen LogP contribution >= 0.6 is 0 Å². The van der Waals surface area contributed by atoms with E-state index in [-0.39, 0.29) is 5.91 Å². The number of pyridine rings is 1. The molecule has 4 rings (SSSR count). The number of carboxylic acid groups (broad SMARTS) is 1. The van der Waals surface area contributed by atoms with Crippen LogP contribution in [0.1, 0.15) is 42.0 Å². The van der Waals surface area contributed by atoms with Gasteiger partial charge >= 0.3 is 5.97 Å². The molecule has 2 atom stereocenters. The fourth-order valence-corrected chi connectivity index (χ4v) is 4.53. The molecule has 8 heteroatoms. The molecule has 0 aliphatic carbocycles. The van der Waals surface area contributed by atoms with Crippen LogP contribution in [0.2, 0.25) is 0 Å². The zero-order valence-corrected chi connectivity index (χ0v) is 19.2. The van der Waals surface area contributed by atoms with Crippen LogP contribution in [-0.2, 0) is 29.0 Å². The Labute approximate surface area is 199 Å². The molecule has 0 saturated carbocycles. The molecule has 0 bridgehead atoms. The van der Waals surface area contributed by atoms with E-state index >= 15 is 0 Å². The molecule has 0 spiro atoms. The molecular formula is C26H31N5O3. The molecule has 2 aromatic heterocycles. The number of nitrogens with zero attached hydrogens (tertiary/aromatic N) is 4. The van der Waals surface area contributed by atoms with E-state index in [2.05, 4.69) is 9.97 Å². The maximum absolute atomic E-state index is 12.7. The second-order valence-corrected chi connectivity index (χ2v) is 9.02. The number of nitrogens with two attached hydrogens (primary N) is 1. The second kappa shape index (κ2) is 11.0. The SMILES string of the molecule is Nc1ccc(CC(C(=O)O)c2cn(CCC3CCCN(C(=O)Cc4ccccc4)C3)cn2)cn1. The molecule has 3 aromatic rings. The first-order valence-electron chi connectivity index (χ1n) is 11.7. The molecule has 0 radical (unpaired) electrons. The van der Waals surface area contributed by atoms with Crippen molar-refractivity contribution in [1.29, 1.82) is 0 Å². The fourth-order valence-electron chi connectivity index (χ4n) is 4.53. The zero-order chi connectivity index (χ0) is 23.9. The number of aromatic nitrogens is 3. The third-order valence-electron chi connectivity index (χ3n) is 6.46. The van der Waals surface area contributed by atoms with Crippen LogP contribution < -0.4 is 5.73 Å². The molecule has 1 amide bonds. The van der Waals surface area contributed by atoms with Gasteiger partial charge in [-0.3, -0.25) is 9.59 Å². The van der Waals surface area contributed by atoms with Crippen molar-refractivity contribution < 1.29 is 14.7 Å². The summed E-state index contributed by atoms with van der Waals surface area (Å²) in [4.78, 5) is 35.0. The van der Waals surface area contributed by atoms with Crippen LogP contribution in [0.4, 0.5) is 5.82 Å². The molecule has 178 valence electrons. The molecule has 2 unspecified atom stereocenters. The number of aryl methyl sites for hydroxylation is 1. The summed E-state index contributed by atoms with van der Waals surface area (Å²) in [5.41, 5.74) is 8.01. The molecule has 34 heavy (non-hydrogen) atoms. The summed E-state index contributed by atoms with van der Waals surface area (Å²) < 4.78 is 1.96. The van der Waals surface area contributed by atoms with E-state index < -0.39 is 11.9 Å². The maximum atomic E-state index is 12.7. The minimum absolute atomic E-state index is 0.183. The minimum Gasteiger partial charge on any atom is -0.481 e. The zero-order valence-electron chi connectivity index (χ0n) is 19.2. The predicted octanol–water partition coefficient (Wildman–Crippen LogP) is 3.14. The van der Waals surface area contributed by atoms with Crippen molar-refractivity contribution in [1.82, 2.24) is 19.4 Å². The Morgan fingerprint density at radius 2 is 1.94 bits per heavy atom. The number of nitrogen functional groups attached to an aromatic ring is 1. The lowest BCUT2D eigenvalue weighted by Gasteiger charge is -2.33. The standard InChI is InChI=1S/C26H31N5O3/c27-24-9-8-21(15-28-24)13-22(26(33)34)23-17-30(18-29-23)12-10-20-7-4-11-31(16-20)25(32)14-19-5-2-1-3-6-19/h1-3,5-6,8-9,15,17-18,20,22H,4,7,10-14,16H2,(H2,27,28)(H,33,34). The van der Waals surface area contributed by atoms with Crippen molar-refractivity contribution in [2.75, 3.05) is 18.8 Å². The number of anilines is 1. The smallest absolute Gasteiger partial charge is 0.312 e. The number of carboxylic acids is 1. The van der Waals surface area contributed by atoms with Gasteiger partial charge in [0.1, 0.15) is 11.7 Å². The van der Waals surface area contributed by atoms with Gasteiger partial charge in [-0.05, 0) is 48.8 Å². The quantitative estimate of drug-likeness (QED) is 0.506. The number of rotatable bonds is 9. The van der Waals surface area contributed by atoms with E-state index in [1.807, 2.05) is 46.0 Å². The average Bonchev–Trinajstić information content (AvgIpc) is 3.31. The third-order valence-corrected chi connectivity index (χ3v) is 6.46. The molecule has 1 saturated heterocycles. The van der Waals surface area contributed by atoms with Crippen molar-refractivity contribution in [3.63, 3.8) is 0 Å². The third kappa shape index (κ3) is 6.21. The Hall–Kier alpha value is -3.68. The number of carbonyl (C=O) groups is 2. The molecular weight excluding hydrogens is 430 g/mol. The van der Waals surface area contributed by atoms with E-state index in [0.717, 1.165) is 50.0 Å². The summed E-state index contributed by atoms with van der Waals surface area (Å²) in [7, 11) is 0. The second-order valence-electron chi connectivity index (χ2n) is 9.02. The Kier molecular flexibility index (Phi) is 7.57. The van der Waals surface area contributed by atoms with Crippen LogP contribution in [0.3, 0.4) is 0 Å². The van der Waals surface area contributed by atoms with E-state index in [0.29, 0.717) is 30.3 Å². The number of piperidine rings is 1. The topological polar surface area (TPSA) is 114 Å². The van der Waals surface area contributed by atoms with Crippen LogP contribution in [0.5, 0.6) is 0 Å². The Morgan fingerprint density at radius 1 is 1.12 bits per heavy atom. The monoisotopic (exact) mass is 461 g/mol. The van der Waals surface area contributed by atoms with Crippen LogP contribution in [0.15, 0.2) is 61.2 Å². The van der Waals surface area contributed by atoms with Gasteiger partial charge in [-0.25, -0.2) is 9.97 Å². The van der Waals surface area contributed by atoms with E-state index in [4.69, 9.17) is 5.73 Å². The summed E-state index contributed by atoms with van der Waals surface area (Å²) >= 11 is 0. The molecule has 3 heterocycles. The Bertz CT molecular complexity index is 1100. The van der Waals surface area contributed by atoms with Crippen LogP contribution in [-0.4, -0.2) is 49.5 Å². The van der Waals surface area contributed by atoms with Crippen molar-refractivity contribution in [3.8, 4) is 0 Å². The van der Waals surface area contributed by atoms with Crippen LogP contribution in [0, 0.1) is 5.92 Å². The molecule has 1 aromatic carbocycles. The normalized spacial score (nSPS) is 16.8. The summed E-state index contributed by atoms with van der Waals surface area (Å²) in [5.74, 6) is -0.643. The lowest BCUT2D eigenvalue weighted by Crippen LogP contribution is -2.41. The van der Waals surface area contributed by atoms with Gasteiger partial charge in [-0.15, -0.1) is 0 Å². The summed E-state index contributed by atoms with van der Waals surface area (Å²) in [6.07, 6.45) is 8.91.